The van der Waals surface area contributed by atoms with E-state index < -0.39 is 0 Å². The van der Waals surface area contributed by atoms with Gasteiger partial charge in [-0.3, -0.25) is 0 Å². The van der Waals surface area contributed by atoms with Crippen molar-refractivity contribution >= 4 is 11.0 Å². The Labute approximate surface area is 124 Å². The van der Waals surface area contributed by atoms with Crippen LogP contribution in [0.5, 0.6) is 0 Å². The molecule has 0 saturated carbocycles. The smallest absolute Gasteiger partial charge is 0.138 e. The number of aliphatic hydroxyl groups is 1. The predicted octanol–water partition coefficient (Wildman–Crippen LogP) is 4.02. The molecule has 0 unspecified atom stereocenters. The van der Waals surface area contributed by atoms with Crippen LogP contribution in [-0.2, 0) is 12.0 Å². The molecular weight excluding hydrogens is 260 g/mol. The van der Waals surface area contributed by atoms with Gasteiger partial charge in [-0.05, 0) is 34.7 Å². The number of aromatic nitrogens is 2. The molecule has 3 nitrogen and oxygen atoms in total. The van der Waals surface area contributed by atoms with Crippen molar-refractivity contribution in [1.29, 1.82) is 0 Å². The van der Waals surface area contributed by atoms with Gasteiger partial charge in [-0.1, -0.05) is 45.0 Å². The third-order valence-corrected chi connectivity index (χ3v) is 3.73. The van der Waals surface area contributed by atoms with Gasteiger partial charge in [0.05, 0.1) is 17.6 Å². The second-order valence-electron chi connectivity index (χ2n) is 6.43. The maximum absolute atomic E-state index is 9.24. The maximum atomic E-state index is 9.24. The summed E-state index contributed by atoms with van der Waals surface area (Å²) in [4.78, 5) is 8.03. The van der Waals surface area contributed by atoms with E-state index in [2.05, 4.69) is 48.9 Å². The highest BCUT2D eigenvalue weighted by Gasteiger charge is 2.15. The van der Waals surface area contributed by atoms with Gasteiger partial charge < -0.3 is 10.1 Å². The number of H-pyrrole nitrogens is 1. The zero-order valence-electron chi connectivity index (χ0n) is 12.6. The highest BCUT2D eigenvalue weighted by atomic mass is 16.3. The predicted molar refractivity (Wildman–Crippen MR) is 86.2 cm³/mol. The second kappa shape index (κ2) is 5.01. The van der Waals surface area contributed by atoms with Gasteiger partial charge in [0.25, 0.3) is 0 Å². The number of nitrogens with one attached hydrogen (secondary N) is 1. The van der Waals surface area contributed by atoms with Crippen LogP contribution in [0.4, 0.5) is 0 Å². The topological polar surface area (TPSA) is 48.9 Å². The number of fused-ring (bicyclic) bond motifs is 1. The van der Waals surface area contributed by atoms with Crippen LogP contribution in [0.25, 0.3) is 22.4 Å². The molecule has 0 fully saturated rings. The van der Waals surface area contributed by atoms with Crippen LogP contribution in [0.1, 0.15) is 31.9 Å². The highest BCUT2D eigenvalue weighted by molar-refractivity contribution is 5.80. The number of imidazole rings is 1. The van der Waals surface area contributed by atoms with Crippen molar-refractivity contribution in [3.8, 4) is 11.4 Å². The van der Waals surface area contributed by atoms with Crippen molar-refractivity contribution < 1.29 is 5.11 Å². The Kier molecular flexibility index (Phi) is 3.30. The first-order valence-electron chi connectivity index (χ1n) is 7.18. The molecule has 0 saturated heterocycles. The van der Waals surface area contributed by atoms with Crippen molar-refractivity contribution in [3.05, 3.63) is 53.6 Å². The van der Waals surface area contributed by atoms with Gasteiger partial charge >= 0.3 is 0 Å². The quantitative estimate of drug-likeness (QED) is 0.745. The minimum Gasteiger partial charge on any atom is -0.392 e. The first-order valence-corrected chi connectivity index (χ1v) is 7.18. The summed E-state index contributed by atoms with van der Waals surface area (Å²) in [6.07, 6.45) is 0. The summed E-state index contributed by atoms with van der Waals surface area (Å²) in [6, 6.07) is 14.2. The van der Waals surface area contributed by atoms with Gasteiger partial charge in [0.15, 0.2) is 0 Å². The lowest BCUT2D eigenvalue weighted by molar-refractivity contribution is 0.282. The molecular formula is C18H20N2O. The minimum atomic E-state index is 0.0439. The fourth-order valence-electron chi connectivity index (χ4n) is 2.43. The lowest BCUT2D eigenvalue weighted by atomic mass is 9.87. The summed E-state index contributed by atoms with van der Waals surface area (Å²) in [6.45, 7) is 6.66. The largest absolute Gasteiger partial charge is 0.392 e. The molecule has 0 bridgehead atoms. The van der Waals surface area contributed by atoms with Gasteiger partial charge in [-0.2, -0.15) is 0 Å². The van der Waals surface area contributed by atoms with E-state index in [4.69, 9.17) is 0 Å². The Bertz CT molecular complexity index is 781. The first kappa shape index (κ1) is 13.8. The van der Waals surface area contributed by atoms with Crippen LogP contribution in [0.3, 0.4) is 0 Å². The van der Waals surface area contributed by atoms with E-state index in [0.717, 1.165) is 28.0 Å². The molecule has 0 atom stereocenters. The summed E-state index contributed by atoms with van der Waals surface area (Å²) >= 11 is 0. The van der Waals surface area contributed by atoms with Crippen LogP contribution in [-0.4, -0.2) is 15.1 Å². The lowest BCUT2D eigenvalue weighted by Crippen LogP contribution is -2.10. The molecule has 2 N–H and O–H groups in total. The number of aromatic amines is 1. The normalized spacial score (nSPS) is 12.0. The number of rotatable bonds is 2. The lowest BCUT2D eigenvalue weighted by Gasteiger charge is -2.18. The summed E-state index contributed by atoms with van der Waals surface area (Å²) in [5, 5.41) is 9.24. The highest BCUT2D eigenvalue weighted by Crippen LogP contribution is 2.27. The standard InChI is InChI=1S/C18H20N2O/c1-18(2,3)14-7-8-15-16(10-14)20-17(19-15)13-6-4-5-12(9-13)11-21/h4-10,21H,11H2,1-3H3,(H,19,20). The van der Waals surface area contributed by atoms with E-state index in [1.54, 1.807) is 0 Å². The third kappa shape index (κ3) is 2.69. The Hall–Kier alpha value is -2.13. The zero-order valence-corrected chi connectivity index (χ0v) is 12.6. The van der Waals surface area contributed by atoms with E-state index in [-0.39, 0.29) is 12.0 Å². The molecule has 1 aromatic heterocycles. The van der Waals surface area contributed by atoms with Crippen molar-refractivity contribution in [1.82, 2.24) is 9.97 Å². The Morgan fingerprint density at radius 1 is 1.10 bits per heavy atom. The summed E-state index contributed by atoms with van der Waals surface area (Å²) in [7, 11) is 0. The average molecular weight is 280 g/mol. The van der Waals surface area contributed by atoms with Gasteiger partial charge in [0.1, 0.15) is 5.82 Å². The fourth-order valence-corrected chi connectivity index (χ4v) is 2.43. The molecule has 0 aliphatic heterocycles. The van der Waals surface area contributed by atoms with E-state index in [1.165, 1.54) is 5.56 Å². The van der Waals surface area contributed by atoms with Gasteiger partial charge in [0, 0.05) is 5.56 Å². The molecule has 0 spiro atoms. The van der Waals surface area contributed by atoms with Crippen LogP contribution >= 0.6 is 0 Å². The molecule has 1 heterocycles. The van der Waals surface area contributed by atoms with Crippen molar-refractivity contribution in [2.24, 2.45) is 0 Å². The maximum Gasteiger partial charge on any atom is 0.138 e. The van der Waals surface area contributed by atoms with Crippen molar-refractivity contribution in [2.45, 2.75) is 32.8 Å². The molecule has 108 valence electrons. The van der Waals surface area contributed by atoms with Crippen molar-refractivity contribution in [2.75, 3.05) is 0 Å². The van der Waals surface area contributed by atoms with Gasteiger partial charge in [0.2, 0.25) is 0 Å². The fraction of sp³-hybridized carbons (Fsp3) is 0.278. The van der Waals surface area contributed by atoms with Gasteiger partial charge in [-0.15, -0.1) is 0 Å². The monoisotopic (exact) mass is 280 g/mol. The number of aliphatic hydroxyl groups excluding tert-OH is 1. The molecule has 0 aliphatic carbocycles. The molecule has 2 aromatic carbocycles. The summed E-state index contributed by atoms with van der Waals surface area (Å²) in [5.41, 5.74) is 5.31. The number of hydrogen-bond acceptors (Lipinski definition) is 2. The van der Waals surface area contributed by atoms with Crippen molar-refractivity contribution in [3.63, 3.8) is 0 Å². The second-order valence-corrected chi connectivity index (χ2v) is 6.43. The molecule has 0 radical (unpaired) electrons. The molecule has 0 amide bonds. The van der Waals surface area contributed by atoms with Crippen LogP contribution in [0.15, 0.2) is 42.5 Å². The van der Waals surface area contributed by atoms with Crippen LogP contribution in [0, 0.1) is 0 Å². The molecule has 3 aromatic rings. The van der Waals surface area contributed by atoms with E-state index in [0.29, 0.717) is 0 Å². The Morgan fingerprint density at radius 3 is 2.62 bits per heavy atom. The average Bonchev–Trinajstić information content (AvgIpc) is 2.89. The Morgan fingerprint density at radius 2 is 1.90 bits per heavy atom. The number of hydrogen-bond donors (Lipinski definition) is 2. The first-order chi connectivity index (χ1) is 9.97. The number of nitrogens with zero attached hydrogens (tertiary/aromatic N) is 1. The van der Waals surface area contributed by atoms with E-state index >= 15 is 0 Å². The number of benzene rings is 2. The summed E-state index contributed by atoms with van der Waals surface area (Å²) < 4.78 is 0. The van der Waals surface area contributed by atoms with E-state index in [9.17, 15) is 5.11 Å². The minimum absolute atomic E-state index is 0.0439. The van der Waals surface area contributed by atoms with E-state index in [1.807, 2.05) is 24.3 Å². The SMILES string of the molecule is CC(C)(C)c1ccc2nc(-c3cccc(CO)c3)[nH]c2c1. The molecule has 21 heavy (non-hydrogen) atoms. The third-order valence-electron chi connectivity index (χ3n) is 3.73. The molecule has 0 aliphatic rings. The zero-order chi connectivity index (χ0) is 15.0. The molecule has 3 heteroatoms. The van der Waals surface area contributed by atoms with Crippen LogP contribution < -0.4 is 0 Å². The van der Waals surface area contributed by atoms with Gasteiger partial charge in [-0.25, -0.2) is 4.98 Å². The Balaban J connectivity index is 2.08. The molecule has 3 rings (SSSR count). The van der Waals surface area contributed by atoms with Crippen LogP contribution in [0.2, 0.25) is 0 Å². The summed E-state index contributed by atoms with van der Waals surface area (Å²) in [5.74, 6) is 0.839.